The van der Waals surface area contributed by atoms with Gasteiger partial charge in [0.2, 0.25) is 0 Å². The molecule has 0 spiro atoms. The topological polar surface area (TPSA) is 17.0 Å². The largest absolute Gasteiger partial charge is 0.356 e. The van der Waals surface area contributed by atoms with E-state index < -0.39 is 0 Å². The Balaban J connectivity index is 1.12. The molecule has 2 nitrogen and oxygen atoms in total. The fourth-order valence-corrected chi connectivity index (χ4v) is 7.97. The van der Waals surface area contributed by atoms with Gasteiger partial charge < -0.3 is 9.88 Å². The first-order valence-electron chi connectivity index (χ1n) is 16.8. The van der Waals surface area contributed by atoms with Gasteiger partial charge in [0, 0.05) is 45.6 Å². The first-order valence-corrected chi connectivity index (χ1v) is 16.8. The van der Waals surface area contributed by atoms with Crippen LogP contribution in [0.15, 0.2) is 152 Å². The highest BCUT2D eigenvalue weighted by Gasteiger charge is 2.20. The van der Waals surface area contributed by atoms with Gasteiger partial charge in [-0.3, -0.25) is 0 Å². The molecule has 0 bridgehead atoms. The van der Waals surface area contributed by atoms with Crippen molar-refractivity contribution in [1.82, 2.24) is 4.57 Å². The number of rotatable bonds is 8. The van der Waals surface area contributed by atoms with E-state index in [2.05, 4.69) is 168 Å². The molecule has 0 saturated heterocycles. The second-order valence-electron chi connectivity index (χ2n) is 12.8. The van der Waals surface area contributed by atoms with Crippen LogP contribution in [0.2, 0.25) is 0 Å². The van der Waals surface area contributed by atoms with E-state index in [1.807, 2.05) is 0 Å². The standard InChI is InChI=1S/C45H36N2/c1-2-47-42-26-17-30(28-40(42)41-29-36(22-27-43(41)47)46-35-14-7-4-8-15-35)16-23-37(31-10-5-3-6-11-31)38-24-20-34-19-18-32-12-9-13-33-21-25-39(38)45(34)44(32)33/h3-15,17-22,24-29,37,46H,2,16,23H2,1H3. The molecule has 1 aromatic heterocycles. The third-order valence-electron chi connectivity index (χ3n) is 10.2. The van der Waals surface area contributed by atoms with E-state index in [0.29, 0.717) is 0 Å². The Hall–Kier alpha value is -5.60. The zero-order valence-corrected chi connectivity index (χ0v) is 26.6. The van der Waals surface area contributed by atoms with Crippen molar-refractivity contribution in [2.24, 2.45) is 0 Å². The van der Waals surface area contributed by atoms with Crippen molar-refractivity contribution in [3.63, 3.8) is 0 Å². The smallest absolute Gasteiger partial charge is 0.0492 e. The number of benzene rings is 8. The molecule has 1 unspecified atom stereocenters. The van der Waals surface area contributed by atoms with Crippen molar-refractivity contribution in [3.8, 4) is 0 Å². The molecule has 0 amide bonds. The lowest BCUT2D eigenvalue weighted by Crippen LogP contribution is -2.04. The second kappa shape index (κ2) is 11.3. The lowest BCUT2D eigenvalue weighted by molar-refractivity contribution is 0.720. The first-order chi connectivity index (χ1) is 23.2. The predicted molar refractivity (Wildman–Crippen MR) is 202 cm³/mol. The van der Waals surface area contributed by atoms with Gasteiger partial charge in [0.1, 0.15) is 0 Å². The normalized spacial score (nSPS) is 12.5. The molecule has 47 heavy (non-hydrogen) atoms. The highest BCUT2D eigenvalue weighted by molar-refractivity contribution is 6.23. The molecule has 0 aliphatic heterocycles. The lowest BCUT2D eigenvalue weighted by atomic mass is 9.82. The summed E-state index contributed by atoms with van der Waals surface area (Å²) in [6, 6.07) is 56.1. The molecule has 9 aromatic rings. The molecule has 0 aliphatic carbocycles. The van der Waals surface area contributed by atoms with Gasteiger partial charge in [-0.1, -0.05) is 109 Å². The molecule has 8 aromatic carbocycles. The summed E-state index contributed by atoms with van der Waals surface area (Å²) in [4.78, 5) is 0. The zero-order valence-electron chi connectivity index (χ0n) is 26.6. The van der Waals surface area contributed by atoms with E-state index in [4.69, 9.17) is 0 Å². The fourth-order valence-electron chi connectivity index (χ4n) is 7.97. The molecule has 0 fully saturated rings. The lowest BCUT2D eigenvalue weighted by Gasteiger charge is -2.22. The van der Waals surface area contributed by atoms with Gasteiger partial charge in [-0.05, 0) is 111 Å². The van der Waals surface area contributed by atoms with E-state index in [1.165, 1.54) is 70.8 Å². The minimum Gasteiger partial charge on any atom is -0.356 e. The van der Waals surface area contributed by atoms with E-state index >= 15 is 0 Å². The molecule has 0 saturated carbocycles. The van der Waals surface area contributed by atoms with Gasteiger partial charge in [-0.25, -0.2) is 0 Å². The molecular weight excluding hydrogens is 569 g/mol. The molecule has 1 heterocycles. The molecule has 2 heteroatoms. The minimum absolute atomic E-state index is 0.287. The number of aromatic nitrogens is 1. The van der Waals surface area contributed by atoms with Gasteiger partial charge >= 0.3 is 0 Å². The summed E-state index contributed by atoms with van der Waals surface area (Å²) in [6.45, 7) is 3.18. The second-order valence-corrected chi connectivity index (χ2v) is 12.8. The third kappa shape index (κ3) is 4.72. The Morgan fingerprint density at radius 2 is 1.19 bits per heavy atom. The monoisotopic (exact) mass is 604 g/mol. The molecular formula is C45H36N2. The van der Waals surface area contributed by atoms with Crippen molar-refractivity contribution in [3.05, 3.63) is 168 Å². The summed E-state index contributed by atoms with van der Waals surface area (Å²) in [5.74, 6) is 0.287. The van der Waals surface area contributed by atoms with Crippen molar-refractivity contribution in [2.45, 2.75) is 32.2 Å². The SMILES string of the molecule is CCn1c2ccc(CCC(c3ccccc3)c3ccc4ccc5cccc6ccc3c4c56)cc2c2cc(Nc3ccccc3)ccc21. The van der Waals surface area contributed by atoms with Gasteiger partial charge in [-0.2, -0.15) is 0 Å². The molecule has 0 aliphatic rings. The minimum atomic E-state index is 0.287. The number of nitrogens with one attached hydrogen (secondary N) is 1. The molecule has 226 valence electrons. The average Bonchev–Trinajstić information content (AvgIpc) is 3.44. The predicted octanol–water partition coefficient (Wildman–Crippen LogP) is 12.2. The molecule has 1 atom stereocenters. The van der Waals surface area contributed by atoms with E-state index in [0.717, 1.165) is 30.8 Å². The maximum Gasteiger partial charge on any atom is 0.0492 e. The summed E-state index contributed by atoms with van der Waals surface area (Å²) >= 11 is 0. The summed E-state index contributed by atoms with van der Waals surface area (Å²) in [7, 11) is 0. The first kappa shape index (κ1) is 27.7. The Morgan fingerprint density at radius 3 is 1.96 bits per heavy atom. The van der Waals surface area contributed by atoms with Gasteiger partial charge in [0.15, 0.2) is 0 Å². The van der Waals surface area contributed by atoms with Crippen LogP contribution in [0.25, 0.3) is 54.1 Å². The van der Waals surface area contributed by atoms with E-state index in [1.54, 1.807) is 0 Å². The number of aryl methyl sites for hydroxylation is 2. The zero-order chi connectivity index (χ0) is 31.3. The van der Waals surface area contributed by atoms with Crippen LogP contribution >= 0.6 is 0 Å². The van der Waals surface area contributed by atoms with Crippen LogP contribution in [0.1, 0.15) is 36.0 Å². The number of nitrogens with zero attached hydrogens (tertiary/aromatic N) is 1. The molecule has 9 rings (SSSR count). The van der Waals surface area contributed by atoms with Crippen LogP contribution in [-0.4, -0.2) is 4.57 Å². The van der Waals surface area contributed by atoms with Crippen LogP contribution in [0, 0.1) is 0 Å². The third-order valence-corrected chi connectivity index (χ3v) is 10.2. The van der Waals surface area contributed by atoms with Crippen LogP contribution in [0.5, 0.6) is 0 Å². The fraction of sp³-hybridized carbons (Fsp3) is 0.111. The van der Waals surface area contributed by atoms with Crippen LogP contribution < -0.4 is 5.32 Å². The Labute approximate surface area is 275 Å². The van der Waals surface area contributed by atoms with E-state index in [9.17, 15) is 0 Å². The van der Waals surface area contributed by atoms with Gasteiger partial charge in [0.25, 0.3) is 0 Å². The van der Waals surface area contributed by atoms with Crippen molar-refractivity contribution >= 4 is 65.5 Å². The quantitative estimate of drug-likeness (QED) is 0.171. The Morgan fingerprint density at radius 1 is 0.532 bits per heavy atom. The van der Waals surface area contributed by atoms with E-state index in [-0.39, 0.29) is 5.92 Å². The number of para-hydroxylation sites is 1. The summed E-state index contributed by atoms with van der Waals surface area (Å²) in [5.41, 5.74) is 8.98. The van der Waals surface area contributed by atoms with Crippen molar-refractivity contribution in [2.75, 3.05) is 5.32 Å². The number of hydrogen-bond acceptors (Lipinski definition) is 1. The molecule has 0 radical (unpaired) electrons. The van der Waals surface area contributed by atoms with Gasteiger partial charge in [-0.15, -0.1) is 0 Å². The van der Waals surface area contributed by atoms with Crippen LogP contribution in [-0.2, 0) is 13.0 Å². The summed E-state index contributed by atoms with van der Waals surface area (Å²) in [5, 5.41) is 14.3. The highest BCUT2D eigenvalue weighted by atomic mass is 15.0. The Kier molecular flexibility index (Phi) is 6.67. The summed E-state index contributed by atoms with van der Waals surface area (Å²) < 4.78 is 2.44. The van der Waals surface area contributed by atoms with Gasteiger partial charge in [0.05, 0.1) is 0 Å². The average molecular weight is 605 g/mol. The summed E-state index contributed by atoms with van der Waals surface area (Å²) in [6.07, 6.45) is 2.03. The van der Waals surface area contributed by atoms with Crippen molar-refractivity contribution < 1.29 is 0 Å². The number of anilines is 2. The van der Waals surface area contributed by atoms with Crippen LogP contribution in [0.3, 0.4) is 0 Å². The molecule has 1 N–H and O–H groups in total. The maximum atomic E-state index is 3.60. The number of hydrogen-bond donors (Lipinski definition) is 1. The van der Waals surface area contributed by atoms with Crippen molar-refractivity contribution in [1.29, 1.82) is 0 Å². The van der Waals surface area contributed by atoms with Crippen LogP contribution in [0.4, 0.5) is 11.4 Å². The Bertz CT molecular complexity index is 2510. The highest BCUT2D eigenvalue weighted by Crippen LogP contribution is 2.41. The maximum absolute atomic E-state index is 3.60. The number of fused-ring (bicyclic) bond motifs is 3.